The molecule has 1 aliphatic carbocycles. The number of H-pyrrole nitrogens is 1. The maximum atomic E-state index is 5.33. The molecule has 2 fully saturated rings. The van der Waals surface area contributed by atoms with Crippen LogP contribution in [0.15, 0.2) is 16.9 Å². The molecular weight excluding hydrogens is 280 g/mol. The van der Waals surface area contributed by atoms with Crippen LogP contribution in [0.1, 0.15) is 42.7 Å². The number of hydrogen-bond acceptors (Lipinski definition) is 6. The third kappa shape index (κ3) is 3.05. The van der Waals surface area contributed by atoms with E-state index in [2.05, 4.69) is 37.0 Å². The van der Waals surface area contributed by atoms with Gasteiger partial charge in [0.25, 0.3) is 0 Å². The van der Waals surface area contributed by atoms with Gasteiger partial charge in [0.2, 0.25) is 5.89 Å². The van der Waals surface area contributed by atoms with Crippen LogP contribution in [-0.2, 0) is 13.1 Å². The molecule has 118 valence electrons. The van der Waals surface area contributed by atoms with Crippen molar-refractivity contribution >= 4 is 0 Å². The molecular formula is C15H22N6O. The fourth-order valence-corrected chi connectivity index (χ4v) is 3.09. The second kappa shape index (κ2) is 5.81. The summed E-state index contributed by atoms with van der Waals surface area (Å²) < 4.78 is 5.33. The Morgan fingerprint density at radius 1 is 1.41 bits per heavy atom. The summed E-state index contributed by atoms with van der Waals surface area (Å²) in [6.45, 7) is 3.82. The minimum absolute atomic E-state index is 0.529. The number of imidazole rings is 1. The summed E-state index contributed by atoms with van der Waals surface area (Å²) in [5.41, 5.74) is 0. The second-order valence-electron chi connectivity index (χ2n) is 6.45. The van der Waals surface area contributed by atoms with E-state index in [1.165, 1.54) is 19.3 Å². The summed E-state index contributed by atoms with van der Waals surface area (Å²) in [5.74, 6) is 3.21. The Morgan fingerprint density at radius 2 is 2.32 bits per heavy atom. The van der Waals surface area contributed by atoms with E-state index in [0.717, 1.165) is 43.7 Å². The minimum Gasteiger partial charge on any atom is -0.348 e. The Labute approximate surface area is 129 Å². The quantitative estimate of drug-likeness (QED) is 0.869. The molecule has 0 unspecified atom stereocenters. The van der Waals surface area contributed by atoms with Crippen molar-refractivity contribution in [3.05, 3.63) is 29.9 Å². The highest BCUT2D eigenvalue weighted by molar-refractivity contribution is 5.02. The molecule has 4 rings (SSSR count). The number of likely N-dealkylation sites (tertiary alicyclic amines) is 1. The highest BCUT2D eigenvalue weighted by Crippen LogP contribution is 2.38. The molecule has 1 atom stereocenters. The Kier molecular flexibility index (Phi) is 3.67. The Morgan fingerprint density at radius 3 is 3.09 bits per heavy atom. The SMILES string of the molecule is CN(Cc1noc(C2CC2)n1)[C@H]1CCN(Cc2ncc[nH]2)C1. The molecule has 7 heteroatoms. The molecule has 22 heavy (non-hydrogen) atoms. The van der Waals surface area contributed by atoms with Crippen LogP contribution in [0.5, 0.6) is 0 Å². The van der Waals surface area contributed by atoms with E-state index in [-0.39, 0.29) is 0 Å². The first-order chi connectivity index (χ1) is 10.8. The molecule has 0 amide bonds. The summed E-state index contributed by atoms with van der Waals surface area (Å²) in [7, 11) is 2.15. The van der Waals surface area contributed by atoms with E-state index < -0.39 is 0 Å². The van der Waals surface area contributed by atoms with Gasteiger partial charge >= 0.3 is 0 Å². The topological polar surface area (TPSA) is 74.1 Å². The van der Waals surface area contributed by atoms with Gasteiger partial charge in [0.1, 0.15) is 5.82 Å². The number of aromatic nitrogens is 4. The number of nitrogens with zero attached hydrogens (tertiary/aromatic N) is 5. The Balaban J connectivity index is 1.30. The molecule has 1 N–H and O–H groups in total. The predicted molar refractivity (Wildman–Crippen MR) is 80.0 cm³/mol. The first kappa shape index (κ1) is 13.9. The summed E-state index contributed by atoms with van der Waals surface area (Å²) >= 11 is 0. The minimum atomic E-state index is 0.529. The van der Waals surface area contributed by atoms with Crippen LogP contribution >= 0.6 is 0 Å². The highest BCUT2D eigenvalue weighted by Gasteiger charge is 2.31. The van der Waals surface area contributed by atoms with Crippen molar-refractivity contribution in [1.29, 1.82) is 0 Å². The molecule has 0 aromatic carbocycles. The van der Waals surface area contributed by atoms with Gasteiger partial charge in [0.05, 0.1) is 13.1 Å². The zero-order valence-corrected chi connectivity index (χ0v) is 12.9. The van der Waals surface area contributed by atoms with E-state index in [1.54, 1.807) is 0 Å². The van der Waals surface area contributed by atoms with Crippen LogP contribution < -0.4 is 0 Å². The lowest BCUT2D eigenvalue weighted by molar-refractivity contribution is 0.214. The van der Waals surface area contributed by atoms with Crippen molar-refractivity contribution in [3.63, 3.8) is 0 Å². The zero-order valence-electron chi connectivity index (χ0n) is 12.9. The van der Waals surface area contributed by atoms with Gasteiger partial charge < -0.3 is 9.51 Å². The van der Waals surface area contributed by atoms with Crippen LogP contribution in [0.2, 0.25) is 0 Å². The fraction of sp³-hybridized carbons (Fsp3) is 0.667. The standard InChI is InChI=1S/C15H22N6O/c1-20(9-14-18-15(22-19-14)11-2-3-11)12-4-7-21(8-12)10-13-16-5-6-17-13/h5-6,11-12H,2-4,7-10H2,1H3,(H,16,17)/t12-/m0/s1. The molecule has 0 spiro atoms. The van der Waals surface area contributed by atoms with Gasteiger partial charge in [-0.15, -0.1) is 0 Å². The van der Waals surface area contributed by atoms with Gasteiger partial charge in [-0.05, 0) is 26.3 Å². The molecule has 1 saturated carbocycles. The molecule has 7 nitrogen and oxygen atoms in total. The van der Waals surface area contributed by atoms with E-state index in [0.29, 0.717) is 12.0 Å². The summed E-state index contributed by atoms with van der Waals surface area (Å²) in [5, 5.41) is 4.11. The normalized spacial score (nSPS) is 22.7. The van der Waals surface area contributed by atoms with Crippen molar-refractivity contribution in [2.45, 2.75) is 44.3 Å². The second-order valence-corrected chi connectivity index (χ2v) is 6.45. The van der Waals surface area contributed by atoms with Crippen LogP contribution in [0, 0.1) is 0 Å². The Bertz CT molecular complexity index is 605. The van der Waals surface area contributed by atoms with E-state index >= 15 is 0 Å². The lowest BCUT2D eigenvalue weighted by atomic mass is 10.2. The zero-order chi connectivity index (χ0) is 14.9. The monoisotopic (exact) mass is 302 g/mol. The van der Waals surface area contributed by atoms with Crippen molar-refractivity contribution < 1.29 is 4.52 Å². The number of hydrogen-bond donors (Lipinski definition) is 1. The van der Waals surface area contributed by atoms with Crippen molar-refractivity contribution in [2.24, 2.45) is 0 Å². The third-order valence-corrected chi connectivity index (χ3v) is 4.60. The van der Waals surface area contributed by atoms with Crippen LogP contribution in [-0.4, -0.2) is 56.1 Å². The Hall–Kier alpha value is -1.73. The maximum Gasteiger partial charge on any atom is 0.229 e. The van der Waals surface area contributed by atoms with Gasteiger partial charge in [0.15, 0.2) is 5.82 Å². The van der Waals surface area contributed by atoms with Gasteiger partial charge in [-0.25, -0.2) is 4.98 Å². The van der Waals surface area contributed by atoms with Gasteiger partial charge in [-0.3, -0.25) is 9.80 Å². The first-order valence-corrected chi connectivity index (χ1v) is 8.01. The molecule has 2 aromatic rings. The summed E-state index contributed by atoms with van der Waals surface area (Å²) in [4.78, 5) is 16.8. The lowest BCUT2D eigenvalue weighted by Gasteiger charge is -2.23. The molecule has 0 bridgehead atoms. The van der Waals surface area contributed by atoms with Crippen molar-refractivity contribution in [3.8, 4) is 0 Å². The van der Waals surface area contributed by atoms with E-state index in [1.807, 2.05) is 12.4 Å². The van der Waals surface area contributed by atoms with Crippen molar-refractivity contribution in [1.82, 2.24) is 29.9 Å². The molecule has 0 radical (unpaired) electrons. The first-order valence-electron chi connectivity index (χ1n) is 8.01. The number of aromatic amines is 1. The molecule has 3 heterocycles. The smallest absolute Gasteiger partial charge is 0.229 e. The maximum absolute atomic E-state index is 5.33. The molecule has 1 saturated heterocycles. The van der Waals surface area contributed by atoms with Gasteiger partial charge in [0, 0.05) is 37.4 Å². The van der Waals surface area contributed by atoms with Gasteiger partial charge in [-0.2, -0.15) is 4.98 Å². The molecule has 1 aliphatic heterocycles. The number of nitrogens with one attached hydrogen (secondary N) is 1. The van der Waals surface area contributed by atoms with E-state index in [4.69, 9.17) is 4.52 Å². The third-order valence-electron chi connectivity index (χ3n) is 4.60. The van der Waals surface area contributed by atoms with Crippen molar-refractivity contribution in [2.75, 3.05) is 20.1 Å². The predicted octanol–water partition coefficient (Wildman–Crippen LogP) is 1.38. The van der Waals surface area contributed by atoms with Gasteiger partial charge in [-0.1, -0.05) is 5.16 Å². The summed E-state index contributed by atoms with van der Waals surface area (Å²) in [6, 6.07) is 0.540. The molecule has 2 aromatic heterocycles. The average Bonchev–Trinajstić information content (AvgIpc) is 2.96. The van der Waals surface area contributed by atoms with Crippen LogP contribution in [0.4, 0.5) is 0 Å². The number of rotatable bonds is 6. The fourth-order valence-electron chi connectivity index (χ4n) is 3.09. The largest absolute Gasteiger partial charge is 0.348 e. The number of likely N-dealkylation sites (N-methyl/N-ethyl adjacent to an activating group) is 1. The molecule has 2 aliphatic rings. The van der Waals surface area contributed by atoms with Crippen LogP contribution in [0.3, 0.4) is 0 Å². The average molecular weight is 302 g/mol. The lowest BCUT2D eigenvalue weighted by Crippen LogP contribution is -2.34. The summed E-state index contributed by atoms with van der Waals surface area (Å²) in [6.07, 6.45) is 7.25. The van der Waals surface area contributed by atoms with Crippen LogP contribution in [0.25, 0.3) is 0 Å². The highest BCUT2D eigenvalue weighted by atomic mass is 16.5. The van der Waals surface area contributed by atoms with E-state index in [9.17, 15) is 0 Å².